The van der Waals surface area contributed by atoms with Gasteiger partial charge >= 0.3 is 6.03 Å². The van der Waals surface area contributed by atoms with Gasteiger partial charge in [-0.05, 0) is 31.2 Å². The summed E-state index contributed by atoms with van der Waals surface area (Å²) in [4.78, 5) is 11.8. The molecule has 0 aliphatic heterocycles. The number of carbonyl (C=O) groups excluding carboxylic acids is 1. The monoisotopic (exact) mass is 308 g/mol. The maximum atomic E-state index is 11.8. The predicted octanol–water partition coefficient (Wildman–Crippen LogP) is 3.05. The molecule has 112 valence electrons. The molecule has 0 unspecified atom stereocenters. The lowest BCUT2D eigenvalue weighted by atomic mass is 10.0. The first-order valence-electron chi connectivity index (χ1n) is 6.50. The second-order valence-electron chi connectivity index (χ2n) is 5.04. The minimum atomic E-state index is -1.10. The van der Waals surface area contributed by atoms with Gasteiger partial charge in [-0.2, -0.15) is 0 Å². The number of aliphatic hydroxyl groups is 1. The van der Waals surface area contributed by atoms with E-state index < -0.39 is 11.6 Å². The Morgan fingerprint density at radius 1 is 1.33 bits per heavy atom. The maximum Gasteiger partial charge on any atom is 0.319 e. The molecule has 6 heteroatoms. The summed E-state index contributed by atoms with van der Waals surface area (Å²) in [7, 11) is 0. The number of benzene rings is 1. The minimum absolute atomic E-state index is 0.0873. The number of nitrogens with one attached hydrogen (secondary N) is 2. The lowest BCUT2D eigenvalue weighted by Crippen LogP contribution is -2.43. The Morgan fingerprint density at radius 2 is 2.10 bits per heavy atom. The van der Waals surface area contributed by atoms with Gasteiger partial charge in [-0.25, -0.2) is 4.79 Å². The van der Waals surface area contributed by atoms with E-state index in [0.29, 0.717) is 22.9 Å². The van der Waals surface area contributed by atoms with Crippen LogP contribution in [0.2, 0.25) is 5.02 Å². The van der Waals surface area contributed by atoms with Gasteiger partial charge in [0.05, 0.1) is 22.6 Å². The van der Waals surface area contributed by atoms with Crippen molar-refractivity contribution >= 4 is 23.3 Å². The third-order valence-electron chi connectivity index (χ3n) is 2.89. The van der Waals surface area contributed by atoms with Crippen molar-refractivity contribution in [3.63, 3.8) is 0 Å². The molecule has 2 amide bonds. The first kappa shape index (κ1) is 15.4. The quantitative estimate of drug-likeness (QED) is 0.794. The van der Waals surface area contributed by atoms with Crippen LogP contribution in [-0.2, 0) is 6.42 Å². The summed E-state index contributed by atoms with van der Waals surface area (Å²) in [6, 6.07) is 10.0. The van der Waals surface area contributed by atoms with E-state index in [0.717, 1.165) is 0 Å². The molecule has 1 atom stereocenters. The Kier molecular flexibility index (Phi) is 4.88. The number of furan rings is 1. The Hall–Kier alpha value is -1.98. The van der Waals surface area contributed by atoms with Crippen molar-refractivity contribution in [1.29, 1.82) is 0 Å². The van der Waals surface area contributed by atoms with Crippen LogP contribution in [0.25, 0.3) is 0 Å². The molecule has 2 rings (SSSR count). The van der Waals surface area contributed by atoms with Crippen molar-refractivity contribution in [3.8, 4) is 0 Å². The van der Waals surface area contributed by atoms with Gasteiger partial charge in [0.15, 0.2) is 0 Å². The van der Waals surface area contributed by atoms with E-state index in [1.165, 1.54) is 0 Å². The highest BCUT2D eigenvalue weighted by atomic mass is 35.5. The van der Waals surface area contributed by atoms with Gasteiger partial charge in [0.2, 0.25) is 0 Å². The summed E-state index contributed by atoms with van der Waals surface area (Å²) < 4.78 is 5.18. The van der Waals surface area contributed by atoms with E-state index in [-0.39, 0.29) is 6.54 Å². The standard InChI is InChI=1S/C15H17ClN2O3/c1-15(20,9-11-5-4-8-21-11)10-17-14(19)18-13-7-3-2-6-12(13)16/h2-8,20H,9-10H2,1H3,(H2,17,18,19)/t15-/m0/s1. The third-order valence-corrected chi connectivity index (χ3v) is 3.22. The molecule has 1 aromatic heterocycles. The molecule has 0 saturated heterocycles. The molecular weight excluding hydrogens is 292 g/mol. The molecule has 0 bridgehead atoms. The van der Waals surface area contributed by atoms with Crippen molar-refractivity contribution in [2.24, 2.45) is 0 Å². The SMILES string of the molecule is C[C@@](O)(CNC(=O)Nc1ccccc1Cl)Cc1ccco1. The van der Waals surface area contributed by atoms with E-state index in [1.54, 1.807) is 49.6 Å². The van der Waals surface area contributed by atoms with Gasteiger partial charge < -0.3 is 20.2 Å². The lowest BCUT2D eigenvalue weighted by molar-refractivity contribution is 0.0577. The Morgan fingerprint density at radius 3 is 2.76 bits per heavy atom. The highest BCUT2D eigenvalue weighted by Gasteiger charge is 2.23. The first-order chi connectivity index (χ1) is 9.96. The van der Waals surface area contributed by atoms with Crippen molar-refractivity contribution < 1.29 is 14.3 Å². The predicted molar refractivity (Wildman–Crippen MR) is 81.5 cm³/mol. The molecule has 1 heterocycles. The normalized spacial score (nSPS) is 13.5. The molecule has 0 spiro atoms. The fraction of sp³-hybridized carbons (Fsp3) is 0.267. The Labute approximate surface area is 127 Å². The average Bonchev–Trinajstić information content (AvgIpc) is 2.91. The van der Waals surface area contributed by atoms with Crippen LogP contribution in [0.3, 0.4) is 0 Å². The van der Waals surface area contributed by atoms with Crippen LogP contribution in [0.15, 0.2) is 47.1 Å². The zero-order valence-electron chi connectivity index (χ0n) is 11.6. The highest BCUT2D eigenvalue weighted by molar-refractivity contribution is 6.33. The van der Waals surface area contributed by atoms with Crippen LogP contribution in [-0.4, -0.2) is 23.3 Å². The summed E-state index contributed by atoms with van der Waals surface area (Å²) >= 11 is 5.95. The van der Waals surface area contributed by atoms with Gasteiger partial charge in [-0.3, -0.25) is 0 Å². The fourth-order valence-corrected chi connectivity index (χ4v) is 2.03. The highest BCUT2D eigenvalue weighted by Crippen LogP contribution is 2.20. The zero-order valence-corrected chi connectivity index (χ0v) is 12.4. The maximum absolute atomic E-state index is 11.8. The molecule has 1 aromatic carbocycles. The molecule has 2 aromatic rings. The number of anilines is 1. The number of para-hydroxylation sites is 1. The summed E-state index contributed by atoms with van der Waals surface area (Å²) in [5, 5.41) is 15.9. The number of rotatable bonds is 5. The van der Waals surface area contributed by atoms with Crippen LogP contribution in [0.4, 0.5) is 10.5 Å². The molecule has 3 N–H and O–H groups in total. The number of hydrogen-bond donors (Lipinski definition) is 3. The van der Waals surface area contributed by atoms with E-state index in [1.807, 2.05) is 0 Å². The summed E-state index contributed by atoms with van der Waals surface area (Å²) in [6.45, 7) is 1.72. The van der Waals surface area contributed by atoms with Gasteiger partial charge in [0.1, 0.15) is 5.76 Å². The number of amides is 2. The number of carbonyl (C=O) groups is 1. The smallest absolute Gasteiger partial charge is 0.319 e. The topological polar surface area (TPSA) is 74.5 Å². The van der Waals surface area contributed by atoms with Crippen LogP contribution in [0.5, 0.6) is 0 Å². The molecule has 0 radical (unpaired) electrons. The molecule has 0 fully saturated rings. The zero-order chi connectivity index (χ0) is 15.3. The third kappa shape index (κ3) is 4.81. The van der Waals surface area contributed by atoms with Crippen molar-refractivity contribution in [2.45, 2.75) is 18.9 Å². The van der Waals surface area contributed by atoms with E-state index >= 15 is 0 Å². The minimum Gasteiger partial charge on any atom is -0.469 e. The van der Waals surface area contributed by atoms with Gasteiger partial charge in [0, 0.05) is 13.0 Å². The fourth-order valence-electron chi connectivity index (χ4n) is 1.85. The molecule has 0 saturated carbocycles. The molecule has 0 aliphatic carbocycles. The van der Waals surface area contributed by atoms with Gasteiger partial charge in [0.25, 0.3) is 0 Å². The second-order valence-corrected chi connectivity index (χ2v) is 5.45. The van der Waals surface area contributed by atoms with Crippen molar-refractivity contribution in [2.75, 3.05) is 11.9 Å². The van der Waals surface area contributed by atoms with Crippen LogP contribution >= 0.6 is 11.6 Å². The molecule has 21 heavy (non-hydrogen) atoms. The van der Waals surface area contributed by atoms with Crippen LogP contribution in [0.1, 0.15) is 12.7 Å². The summed E-state index contributed by atoms with van der Waals surface area (Å²) in [5.74, 6) is 0.660. The van der Waals surface area contributed by atoms with Crippen LogP contribution < -0.4 is 10.6 Å². The lowest BCUT2D eigenvalue weighted by Gasteiger charge is -2.22. The molecular formula is C15H17ClN2O3. The van der Waals surface area contributed by atoms with E-state index in [9.17, 15) is 9.90 Å². The number of halogens is 1. The van der Waals surface area contributed by atoms with Crippen molar-refractivity contribution in [3.05, 3.63) is 53.4 Å². The molecule has 0 aliphatic rings. The largest absolute Gasteiger partial charge is 0.469 e. The molecule has 5 nitrogen and oxygen atoms in total. The van der Waals surface area contributed by atoms with E-state index in [2.05, 4.69) is 10.6 Å². The van der Waals surface area contributed by atoms with Crippen molar-refractivity contribution in [1.82, 2.24) is 5.32 Å². The number of urea groups is 1. The summed E-state index contributed by atoms with van der Waals surface area (Å²) in [6.07, 6.45) is 1.86. The number of hydrogen-bond acceptors (Lipinski definition) is 3. The Balaban J connectivity index is 1.84. The van der Waals surface area contributed by atoms with Gasteiger partial charge in [-0.1, -0.05) is 23.7 Å². The second kappa shape index (κ2) is 6.65. The summed E-state index contributed by atoms with van der Waals surface area (Å²) in [5.41, 5.74) is -0.585. The van der Waals surface area contributed by atoms with Gasteiger partial charge in [-0.15, -0.1) is 0 Å². The van der Waals surface area contributed by atoms with E-state index in [4.69, 9.17) is 16.0 Å². The Bertz CT molecular complexity index is 597. The van der Waals surface area contributed by atoms with Crippen LogP contribution in [0, 0.1) is 0 Å². The average molecular weight is 309 g/mol. The first-order valence-corrected chi connectivity index (χ1v) is 6.88.